The second-order valence-corrected chi connectivity index (χ2v) is 3.64. The van der Waals surface area contributed by atoms with E-state index < -0.39 is 0 Å². The average molecular weight is 165 g/mol. The molecule has 1 aliphatic heterocycles. The van der Waals surface area contributed by atoms with Gasteiger partial charge in [0.05, 0.1) is 0 Å². The minimum absolute atomic E-state index is 0.0192. The molecule has 1 nitrogen and oxygen atoms in total. The summed E-state index contributed by atoms with van der Waals surface area (Å²) in [5, 5.41) is 3.16. The summed E-state index contributed by atoms with van der Waals surface area (Å²) in [4.78, 5) is 0. The number of halogens is 1. The summed E-state index contributed by atoms with van der Waals surface area (Å²) >= 11 is 0. The molecule has 0 aromatic heterocycles. The largest absolute Gasteiger partial charge is 0.315 e. The second kappa shape index (κ2) is 2.56. The summed E-state index contributed by atoms with van der Waals surface area (Å²) < 4.78 is 13.3. The summed E-state index contributed by atoms with van der Waals surface area (Å²) in [7, 11) is 0. The number of rotatable bonds is 1. The minimum Gasteiger partial charge on any atom is -0.315 e. The highest BCUT2D eigenvalue weighted by Crippen LogP contribution is 2.29. The van der Waals surface area contributed by atoms with Crippen molar-refractivity contribution in [1.82, 2.24) is 5.32 Å². The lowest BCUT2D eigenvalue weighted by atomic mass is 9.77. The van der Waals surface area contributed by atoms with Crippen molar-refractivity contribution < 1.29 is 4.39 Å². The Kier molecular flexibility index (Phi) is 1.65. The summed E-state index contributed by atoms with van der Waals surface area (Å²) in [5.41, 5.74) is 0.856. The molecule has 0 aliphatic carbocycles. The van der Waals surface area contributed by atoms with Gasteiger partial charge in [0.25, 0.3) is 0 Å². The third-order valence-corrected chi connectivity index (χ3v) is 2.55. The molecule has 0 amide bonds. The van der Waals surface area contributed by atoms with E-state index >= 15 is 0 Å². The van der Waals surface area contributed by atoms with Crippen LogP contribution in [-0.2, 0) is 5.41 Å². The van der Waals surface area contributed by atoms with E-state index in [9.17, 15) is 4.39 Å². The summed E-state index contributed by atoms with van der Waals surface area (Å²) in [6, 6.07) is 7.02. The van der Waals surface area contributed by atoms with Crippen LogP contribution in [0.2, 0.25) is 0 Å². The van der Waals surface area contributed by atoms with Crippen molar-refractivity contribution in [3.63, 3.8) is 0 Å². The quantitative estimate of drug-likeness (QED) is 0.667. The van der Waals surface area contributed by atoms with E-state index in [4.69, 9.17) is 0 Å². The Morgan fingerprint density at radius 3 is 2.50 bits per heavy atom. The molecular weight excluding hydrogens is 153 g/mol. The van der Waals surface area contributed by atoms with Crippen molar-refractivity contribution in [3.8, 4) is 0 Å². The molecule has 1 N–H and O–H groups in total. The molecule has 1 saturated heterocycles. The molecule has 1 heterocycles. The van der Waals surface area contributed by atoms with Gasteiger partial charge in [0.15, 0.2) is 0 Å². The van der Waals surface area contributed by atoms with Crippen LogP contribution < -0.4 is 5.32 Å². The van der Waals surface area contributed by atoms with E-state index in [1.807, 2.05) is 12.1 Å². The molecule has 12 heavy (non-hydrogen) atoms. The molecule has 0 saturated carbocycles. The first kappa shape index (κ1) is 7.74. The lowest BCUT2D eigenvalue weighted by molar-refractivity contribution is 0.295. The van der Waals surface area contributed by atoms with Gasteiger partial charge in [-0.25, -0.2) is 4.39 Å². The predicted octanol–water partition coefficient (Wildman–Crippen LogP) is 1.69. The zero-order valence-electron chi connectivity index (χ0n) is 7.10. The van der Waals surface area contributed by atoms with E-state index in [1.165, 1.54) is 6.07 Å². The van der Waals surface area contributed by atoms with E-state index in [0.29, 0.717) is 0 Å². The van der Waals surface area contributed by atoms with Gasteiger partial charge in [-0.2, -0.15) is 0 Å². The molecule has 0 radical (unpaired) electrons. The smallest absolute Gasteiger partial charge is 0.127 e. The fourth-order valence-corrected chi connectivity index (χ4v) is 1.64. The van der Waals surface area contributed by atoms with Gasteiger partial charge in [0.2, 0.25) is 0 Å². The van der Waals surface area contributed by atoms with E-state index in [0.717, 1.165) is 18.7 Å². The summed E-state index contributed by atoms with van der Waals surface area (Å²) in [6.07, 6.45) is 0. The number of hydrogen-bond donors (Lipinski definition) is 1. The summed E-state index contributed by atoms with van der Waals surface area (Å²) in [6.45, 7) is 3.85. The molecular formula is C10H12FN. The SMILES string of the molecule is CC1(c2ccccc2F)CNC1. The van der Waals surface area contributed by atoms with Crippen LogP contribution in [0.25, 0.3) is 0 Å². The lowest BCUT2D eigenvalue weighted by Gasteiger charge is -2.39. The Labute approximate surface area is 71.6 Å². The first-order valence-corrected chi connectivity index (χ1v) is 4.18. The van der Waals surface area contributed by atoms with Gasteiger partial charge in [-0.1, -0.05) is 25.1 Å². The van der Waals surface area contributed by atoms with Gasteiger partial charge in [0.1, 0.15) is 5.82 Å². The van der Waals surface area contributed by atoms with Crippen LogP contribution in [0.15, 0.2) is 24.3 Å². The molecule has 2 rings (SSSR count). The first-order chi connectivity index (χ1) is 5.72. The third-order valence-electron chi connectivity index (χ3n) is 2.55. The van der Waals surface area contributed by atoms with Gasteiger partial charge in [-0.05, 0) is 11.6 Å². The predicted molar refractivity (Wildman–Crippen MR) is 46.6 cm³/mol. The van der Waals surface area contributed by atoms with Crippen LogP contribution in [0.4, 0.5) is 4.39 Å². The highest BCUT2D eigenvalue weighted by molar-refractivity contribution is 5.29. The van der Waals surface area contributed by atoms with Crippen molar-refractivity contribution in [1.29, 1.82) is 0 Å². The van der Waals surface area contributed by atoms with Crippen molar-refractivity contribution in [3.05, 3.63) is 35.6 Å². The molecule has 0 atom stereocenters. The molecule has 0 unspecified atom stereocenters. The first-order valence-electron chi connectivity index (χ1n) is 4.18. The van der Waals surface area contributed by atoms with Crippen molar-refractivity contribution in [2.45, 2.75) is 12.3 Å². The Bertz CT molecular complexity index is 292. The third kappa shape index (κ3) is 1.03. The van der Waals surface area contributed by atoms with Crippen molar-refractivity contribution in [2.75, 3.05) is 13.1 Å². The molecule has 1 aromatic rings. The monoisotopic (exact) mass is 165 g/mol. The van der Waals surface area contributed by atoms with E-state index in [-0.39, 0.29) is 11.2 Å². The van der Waals surface area contributed by atoms with Gasteiger partial charge < -0.3 is 5.32 Å². The fraction of sp³-hybridized carbons (Fsp3) is 0.400. The standard InChI is InChI=1S/C10H12FN/c1-10(6-12-7-10)8-4-2-3-5-9(8)11/h2-5,12H,6-7H2,1H3. The number of benzene rings is 1. The Morgan fingerprint density at radius 2 is 2.00 bits per heavy atom. The zero-order valence-corrected chi connectivity index (χ0v) is 7.10. The maximum Gasteiger partial charge on any atom is 0.127 e. The van der Waals surface area contributed by atoms with Crippen molar-refractivity contribution in [2.24, 2.45) is 0 Å². The van der Waals surface area contributed by atoms with Crippen LogP contribution in [0.3, 0.4) is 0 Å². The molecule has 1 fully saturated rings. The number of nitrogens with one attached hydrogen (secondary N) is 1. The van der Waals surface area contributed by atoms with Gasteiger partial charge >= 0.3 is 0 Å². The normalized spacial score (nSPS) is 20.2. The topological polar surface area (TPSA) is 12.0 Å². The minimum atomic E-state index is -0.0819. The van der Waals surface area contributed by atoms with Crippen molar-refractivity contribution >= 4 is 0 Å². The van der Waals surface area contributed by atoms with Crippen LogP contribution in [0.1, 0.15) is 12.5 Å². The van der Waals surface area contributed by atoms with Crippen LogP contribution in [0.5, 0.6) is 0 Å². The van der Waals surface area contributed by atoms with Crippen LogP contribution >= 0.6 is 0 Å². The van der Waals surface area contributed by atoms with Crippen LogP contribution in [-0.4, -0.2) is 13.1 Å². The summed E-state index contributed by atoms with van der Waals surface area (Å²) in [5.74, 6) is -0.0819. The Morgan fingerprint density at radius 1 is 1.33 bits per heavy atom. The molecule has 1 aromatic carbocycles. The van der Waals surface area contributed by atoms with Crippen LogP contribution in [0, 0.1) is 5.82 Å². The van der Waals surface area contributed by atoms with E-state index in [2.05, 4.69) is 12.2 Å². The zero-order chi connectivity index (χ0) is 8.60. The van der Waals surface area contributed by atoms with Gasteiger partial charge in [-0.3, -0.25) is 0 Å². The maximum atomic E-state index is 13.3. The van der Waals surface area contributed by atoms with Gasteiger partial charge in [0, 0.05) is 18.5 Å². The maximum absolute atomic E-state index is 13.3. The molecule has 0 bridgehead atoms. The Hall–Kier alpha value is -0.890. The molecule has 2 heteroatoms. The average Bonchev–Trinajstić information content (AvgIpc) is 2.01. The van der Waals surface area contributed by atoms with Gasteiger partial charge in [-0.15, -0.1) is 0 Å². The fourth-order valence-electron chi connectivity index (χ4n) is 1.64. The highest BCUT2D eigenvalue weighted by Gasteiger charge is 2.35. The van der Waals surface area contributed by atoms with E-state index in [1.54, 1.807) is 6.07 Å². The second-order valence-electron chi connectivity index (χ2n) is 3.64. The molecule has 1 aliphatic rings. The molecule has 64 valence electrons. The number of hydrogen-bond acceptors (Lipinski definition) is 1. The Balaban J connectivity index is 2.39. The molecule has 0 spiro atoms. The highest BCUT2D eigenvalue weighted by atomic mass is 19.1. The lowest BCUT2D eigenvalue weighted by Crippen LogP contribution is -2.55.